The van der Waals surface area contributed by atoms with E-state index in [-0.39, 0.29) is 0 Å². The molecule has 2 rings (SSSR count). The molecular formula is C14H17F2N3. The number of nitrogens with one attached hydrogen (secondary N) is 1. The van der Waals surface area contributed by atoms with Gasteiger partial charge in [-0.3, -0.25) is 0 Å². The van der Waals surface area contributed by atoms with Crippen molar-refractivity contribution in [3.63, 3.8) is 0 Å². The van der Waals surface area contributed by atoms with E-state index in [4.69, 9.17) is 0 Å². The molecule has 0 saturated carbocycles. The average Bonchev–Trinajstić information content (AvgIpc) is 2.76. The molecule has 1 N–H and O–H groups in total. The lowest BCUT2D eigenvalue weighted by molar-refractivity contribution is 0.574. The number of hydrogen-bond acceptors (Lipinski definition) is 2. The van der Waals surface area contributed by atoms with Crippen LogP contribution in [0.3, 0.4) is 0 Å². The Labute approximate surface area is 111 Å². The van der Waals surface area contributed by atoms with Crippen molar-refractivity contribution in [2.45, 2.75) is 26.4 Å². The second-order valence-corrected chi connectivity index (χ2v) is 4.43. The van der Waals surface area contributed by atoms with Crippen molar-refractivity contribution in [2.75, 3.05) is 6.54 Å². The molecule has 0 unspecified atom stereocenters. The first kappa shape index (κ1) is 13.7. The molecule has 0 aliphatic carbocycles. The summed E-state index contributed by atoms with van der Waals surface area (Å²) in [5, 5.41) is 3.25. The van der Waals surface area contributed by atoms with E-state index in [1.807, 2.05) is 10.8 Å². The minimum absolute atomic E-state index is 0.415. The Bertz CT molecular complexity index is 517. The van der Waals surface area contributed by atoms with Gasteiger partial charge in [0.25, 0.3) is 0 Å². The maximum Gasteiger partial charge on any atom is 0.126 e. The fourth-order valence-corrected chi connectivity index (χ4v) is 1.93. The Morgan fingerprint density at radius 2 is 1.95 bits per heavy atom. The zero-order valence-electron chi connectivity index (χ0n) is 10.9. The van der Waals surface area contributed by atoms with Crippen molar-refractivity contribution >= 4 is 0 Å². The Balaban J connectivity index is 2.08. The van der Waals surface area contributed by atoms with Gasteiger partial charge in [-0.1, -0.05) is 6.92 Å². The topological polar surface area (TPSA) is 29.9 Å². The third-order valence-electron chi connectivity index (χ3n) is 2.79. The molecule has 0 saturated heterocycles. The summed E-state index contributed by atoms with van der Waals surface area (Å²) in [6, 6.07) is 3.56. The van der Waals surface area contributed by atoms with Crippen LogP contribution in [0, 0.1) is 11.6 Å². The van der Waals surface area contributed by atoms with Crippen LogP contribution in [-0.4, -0.2) is 16.1 Å². The summed E-state index contributed by atoms with van der Waals surface area (Å²) >= 11 is 0. The molecule has 0 atom stereocenters. The van der Waals surface area contributed by atoms with E-state index in [2.05, 4.69) is 17.2 Å². The highest BCUT2D eigenvalue weighted by Gasteiger charge is 2.05. The van der Waals surface area contributed by atoms with Crippen LogP contribution >= 0.6 is 0 Å². The Morgan fingerprint density at radius 1 is 1.21 bits per heavy atom. The smallest absolute Gasteiger partial charge is 0.126 e. The van der Waals surface area contributed by atoms with Gasteiger partial charge in [0.05, 0.1) is 6.54 Å². The molecule has 0 bridgehead atoms. The van der Waals surface area contributed by atoms with Crippen LogP contribution in [0.2, 0.25) is 0 Å². The number of nitrogens with zero attached hydrogens (tertiary/aromatic N) is 2. The van der Waals surface area contributed by atoms with Gasteiger partial charge in [0, 0.05) is 25.0 Å². The van der Waals surface area contributed by atoms with E-state index in [1.165, 1.54) is 12.1 Å². The van der Waals surface area contributed by atoms with Crippen LogP contribution in [0.1, 0.15) is 24.7 Å². The highest BCUT2D eigenvalue weighted by Crippen LogP contribution is 2.10. The molecule has 0 spiro atoms. The monoisotopic (exact) mass is 265 g/mol. The molecule has 0 aliphatic rings. The zero-order chi connectivity index (χ0) is 13.7. The van der Waals surface area contributed by atoms with E-state index in [0.717, 1.165) is 24.9 Å². The number of aromatic nitrogens is 2. The quantitative estimate of drug-likeness (QED) is 0.814. The second kappa shape index (κ2) is 6.43. The van der Waals surface area contributed by atoms with E-state index < -0.39 is 11.6 Å². The van der Waals surface area contributed by atoms with Crippen molar-refractivity contribution in [1.82, 2.24) is 14.9 Å². The van der Waals surface area contributed by atoms with E-state index >= 15 is 0 Å². The summed E-state index contributed by atoms with van der Waals surface area (Å²) in [6.07, 6.45) is 4.56. The Hall–Kier alpha value is -1.75. The van der Waals surface area contributed by atoms with Crippen LogP contribution in [0.15, 0.2) is 30.6 Å². The molecule has 1 aromatic heterocycles. The number of imidazole rings is 1. The molecule has 1 aromatic carbocycles. The lowest BCUT2D eigenvalue weighted by atomic mass is 10.2. The van der Waals surface area contributed by atoms with E-state index in [1.54, 1.807) is 6.20 Å². The van der Waals surface area contributed by atoms with Crippen LogP contribution in [0.5, 0.6) is 0 Å². The first-order valence-electron chi connectivity index (χ1n) is 6.34. The second-order valence-electron chi connectivity index (χ2n) is 4.43. The van der Waals surface area contributed by atoms with Gasteiger partial charge in [0.15, 0.2) is 0 Å². The predicted octanol–water partition coefficient (Wildman–Crippen LogP) is 2.71. The summed E-state index contributed by atoms with van der Waals surface area (Å²) < 4.78 is 28.1. The largest absolute Gasteiger partial charge is 0.329 e. The lowest BCUT2D eigenvalue weighted by Gasteiger charge is -2.09. The van der Waals surface area contributed by atoms with E-state index in [0.29, 0.717) is 18.7 Å². The number of hydrogen-bond donors (Lipinski definition) is 1. The summed E-state index contributed by atoms with van der Waals surface area (Å²) in [6.45, 7) is 4.08. The molecule has 1 heterocycles. The summed E-state index contributed by atoms with van der Waals surface area (Å²) in [5.41, 5.74) is 0.590. The van der Waals surface area contributed by atoms with Crippen LogP contribution in [0.25, 0.3) is 0 Å². The van der Waals surface area contributed by atoms with Crippen molar-refractivity contribution in [2.24, 2.45) is 0 Å². The van der Waals surface area contributed by atoms with Crippen LogP contribution in [-0.2, 0) is 13.1 Å². The first-order chi connectivity index (χ1) is 9.19. The van der Waals surface area contributed by atoms with Gasteiger partial charge in [-0.15, -0.1) is 0 Å². The molecule has 0 fully saturated rings. The Morgan fingerprint density at radius 3 is 2.63 bits per heavy atom. The molecule has 0 radical (unpaired) electrons. The lowest BCUT2D eigenvalue weighted by Crippen LogP contribution is -2.18. The maximum atomic E-state index is 13.1. The molecule has 2 aromatic rings. The number of rotatable bonds is 6. The molecule has 0 amide bonds. The molecule has 19 heavy (non-hydrogen) atoms. The van der Waals surface area contributed by atoms with Gasteiger partial charge < -0.3 is 9.88 Å². The average molecular weight is 265 g/mol. The van der Waals surface area contributed by atoms with Gasteiger partial charge in [-0.05, 0) is 30.7 Å². The van der Waals surface area contributed by atoms with Crippen molar-refractivity contribution < 1.29 is 8.78 Å². The van der Waals surface area contributed by atoms with Crippen molar-refractivity contribution in [3.05, 3.63) is 53.6 Å². The molecule has 0 aliphatic heterocycles. The first-order valence-corrected chi connectivity index (χ1v) is 6.34. The van der Waals surface area contributed by atoms with Crippen molar-refractivity contribution in [3.8, 4) is 0 Å². The SMILES string of the molecule is CCCNCc1nccn1Cc1cc(F)cc(F)c1. The summed E-state index contributed by atoms with van der Waals surface area (Å²) in [7, 11) is 0. The maximum absolute atomic E-state index is 13.1. The molecule has 5 heteroatoms. The molecular weight excluding hydrogens is 248 g/mol. The fraction of sp³-hybridized carbons (Fsp3) is 0.357. The number of benzene rings is 1. The van der Waals surface area contributed by atoms with Gasteiger partial charge in [0.2, 0.25) is 0 Å². The minimum Gasteiger partial charge on any atom is -0.329 e. The van der Waals surface area contributed by atoms with Gasteiger partial charge >= 0.3 is 0 Å². The van der Waals surface area contributed by atoms with Gasteiger partial charge in [-0.25, -0.2) is 13.8 Å². The highest BCUT2D eigenvalue weighted by atomic mass is 19.1. The number of halogens is 2. The van der Waals surface area contributed by atoms with Crippen LogP contribution < -0.4 is 5.32 Å². The molecule has 102 valence electrons. The van der Waals surface area contributed by atoms with Crippen LogP contribution in [0.4, 0.5) is 8.78 Å². The third kappa shape index (κ3) is 3.86. The minimum atomic E-state index is -0.555. The third-order valence-corrected chi connectivity index (χ3v) is 2.79. The highest BCUT2D eigenvalue weighted by molar-refractivity contribution is 5.18. The van der Waals surface area contributed by atoms with Crippen molar-refractivity contribution in [1.29, 1.82) is 0 Å². The summed E-state index contributed by atoms with van der Waals surface area (Å²) in [5.74, 6) is -0.250. The zero-order valence-corrected chi connectivity index (χ0v) is 10.9. The standard InChI is InChI=1S/C14H17F2N3/c1-2-3-17-9-14-18-4-5-19(14)10-11-6-12(15)8-13(16)7-11/h4-8,17H,2-3,9-10H2,1H3. The normalized spacial score (nSPS) is 10.9. The predicted molar refractivity (Wildman–Crippen MR) is 69.7 cm³/mol. The summed E-state index contributed by atoms with van der Waals surface area (Å²) in [4.78, 5) is 4.24. The molecule has 3 nitrogen and oxygen atoms in total. The van der Waals surface area contributed by atoms with Gasteiger partial charge in [0.1, 0.15) is 17.5 Å². The van der Waals surface area contributed by atoms with Gasteiger partial charge in [-0.2, -0.15) is 0 Å². The van der Waals surface area contributed by atoms with E-state index in [9.17, 15) is 8.78 Å². The Kier molecular flexibility index (Phi) is 4.63. The fourth-order valence-electron chi connectivity index (χ4n) is 1.93.